The topological polar surface area (TPSA) is 75.6 Å². The molecule has 156 valence electrons. The number of fused-ring (bicyclic) bond motifs is 2. The molecule has 3 rings (SSSR count). The SMILES string of the molecule is CCCNC(=O)C1=C(C(=O)O)C2(C)C(c3ccc(OC)cc3)=C(C)C1(C)C2(C)C. The second-order valence-electron chi connectivity index (χ2n) is 8.91. The van der Waals surface area contributed by atoms with Gasteiger partial charge in [-0.2, -0.15) is 0 Å². The van der Waals surface area contributed by atoms with E-state index in [0.29, 0.717) is 12.1 Å². The standard InChI is InChI=1S/C24H31NO4/c1-8-13-25-20(26)18-19(21(27)28)24(6)17(14(2)23(18,5)22(24,3)4)15-9-11-16(29-7)12-10-15/h9-12H,8,13H2,1-7H3,(H,25,26)(H,27,28). The molecule has 2 unspecified atom stereocenters. The van der Waals surface area contributed by atoms with E-state index in [9.17, 15) is 14.7 Å². The summed E-state index contributed by atoms with van der Waals surface area (Å²) in [5.74, 6) is -0.541. The monoisotopic (exact) mass is 397 g/mol. The first-order valence-corrected chi connectivity index (χ1v) is 10.1. The van der Waals surface area contributed by atoms with Gasteiger partial charge in [-0.15, -0.1) is 0 Å². The smallest absolute Gasteiger partial charge is 0.333 e. The van der Waals surface area contributed by atoms with Crippen molar-refractivity contribution >= 4 is 17.4 Å². The normalized spacial score (nSPS) is 27.4. The van der Waals surface area contributed by atoms with Crippen molar-refractivity contribution in [3.05, 3.63) is 46.5 Å². The average molecular weight is 398 g/mol. The molecule has 0 aromatic heterocycles. The molecule has 1 amide bonds. The molecule has 1 aromatic rings. The number of ether oxygens (including phenoxy) is 1. The molecule has 0 spiro atoms. The summed E-state index contributed by atoms with van der Waals surface area (Å²) < 4.78 is 5.28. The third-order valence-electron chi connectivity index (χ3n) is 7.73. The number of benzene rings is 1. The summed E-state index contributed by atoms with van der Waals surface area (Å²) in [6.45, 7) is 12.7. The molecule has 5 nitrogen and oxygen atoms in total. The molecule has 2 atom stereocenters. The number of amides is 1. The van der Waals surface area contributed by atoms with Crippen LogP contribution in [0.1, 0.15) is 53.5 Å². The van der Waals surface area contributed by atoms with Crippen molar-refractivity contribution in [2.45, 2.75) is 48.0 Å². The van der Waals surface area contributed by atoms with Crippen LogP contribution in [-0.2, 0) is 9.59 Å². The van der Waals surface area contributed by atoms with Crippen LogP contribution in [-0.4, -0.2) is 30.6 Å². The molecule has 0 heterocycles. The summed E-state index contributed by atoms with van der Waals surface area (Å²) in [5.41, 5.74) is 1.68. The van der Waals surface area contributed by atoms with Crippen LogP contribution in [0.15, 0.2) is 41.0 Å². The van der Waals surface area contributed by atoms with Crippen molar-refractivity contribution in [3.8, 4) is 5.75 Å². The first-order valence-electron chi connectivity index (χ1n) is 10.1. The fourth-order valence-corrected chi connectivity index (χ4v) is 5.59. The van der Waals surface area contributed by atoms with Crippen molar-refractivity contribution in [1.82, 2.24) is 5.32 Å². The number of carbonyl (C=O) groups excluding carboxylic acids is 1. The molecule has 2 bridgehead atoms. The predicted molar refractivity (Wildman–Crippen MR) is 114 cm³/mol. The molecule has 0 fully saturated rings. The zero-order valence-corrected chi connectivity index (χ0v) is 18.4. The highest BCUT2D eigenvalue weighted by Gasteiger charge is 2.72. The van der Waals surface area contributed by atoms with E-state index in [0.717, 1.165) is 28.9 Å². The van der Waals surface area contributed by atoms with Crippen LogP contribution in [0.2, 0.25) is 0 Å². The lowest BCUT2D eigenvalue weighted by Crippen LogP contribution is -2.40. The summed E-state index contributed by atoms with van der Waals surface area (Å²) in [4.78, 5) is 25.7. The van der Waals surface area contributed by atoms with Crippen molar-refractivity contribution < 1.29 is 19.4 Å². The quantitative estimate of drug-likeness (QED) is 0.744. The van der Waals surface area contributed by atoms with E-state index in [1.807, 2.05) is 52.0 Å². The number of hydrogen-bond donors (Lipinski definition) is 2. The Morgan fingerprint density at radius 3 is 2.10 bits per heavy atom. The summed E-state index contributed by atoms with van der Waals surface area (Å²) in [7, 11) is 1.62. The summed E-state index contributed by atoms with van der Waals surface area (Å²) in [6.07, 6.45) is 0.796. The van der Waals surface area contributed by atoms with Crippen molar-refractivity contribution in [2.24, 2.45) is 16.2 Å². The van der Waals surface area contributed by atoms with Gasteiger partial charge in [0.05, 0.1) is 12.7 Å². The number of carboxylic acid groups (broad SMARTS) is 1. The minimum absolute atomic E-state index is 0.218. The van der Waals surface area contributed by atoms with Crippen LogP contribution < -0.4 is 10.1 Å². The third kappa shape index (κ3) is 2.46. The molecule has 2 aliphatic rings. The van der Waals surface area contributed by atoms with Gasteiger partial charge in [0.2, 0.25) is 5.91 Å². The molecule has 2 N–H and O–H groups in total. The highest BCUT2D eigenvalue weighted by atomic mass is 16.5. The van der Waals surface area contributed by atoms with Crippen LogP contribution in [0.4, 0.5) is 0 Å². The van der Waals surface area contributed by atoms with Gasteiger partial charge in [-0.05, 0) is 42.0 Å². The first-order chi connectivity index (χ1) is 13.5. The Balaban J connectivity index is 2.28. The Morgan fingerprint density at radius 2 is 1.62 bits per heavy atom. The van der Waals surface area contributed by atoms with E-state index in [1.165, 1.54) is 0 Å². The summed E-state index contributed by atoms with van der Waals surface area (Å²) >= 11 is 0. The van der Waals surface area contributed by atoms with Gasteiger partial charge in [-0.3, -0.25) is 4.79 Å². The Kier molecular flexibility index (Phi) is 4.93. The van der Waals surface area contributed by atoms with Crippen molar-refractivity contribution in [2.75, 3.05) is 13.7 Å². The average Bonchev–Trinajstić information content (AvgIpc) is 2.89. The summed E-state index contributed by atoms with van der Waals surface area (Å²) in [5, 5.41) is 13.2. The Labute approximate surface area is 172 Å². The number of carbonyl (C=O) groups is 2. The van der Waals surface area contributed by atoms with E-state index in [-0.39, 0.29) is 11.5 Å². The lowest BCUT2D eigenvalue weighted by molar-refractivity contribution is -0.134. The zero-order chi connectivity index (χ0) is 21.8. The molecular weight excluding hydrogens is 366 g/mol. The lowest BCUT2D eigenvalue weighted by atomic mass is 9.59. The molecule has 0 radical (unpaired) electrons. The Bertz CT molecular complexity index is 938. The van der Waals surface area contributed by atoms with Crippen LogP contribution >= 0.6 is 0 Å². The fourth-order valence-electron chi connectivity index (χ4n) is 5.59. The van der Waals surface area contributed by atoms with Crippen LogP contribution in [0, 0.1) is 16.2 Å². The minimum atomic E-state index is -1.02. The number of aliphatic carboxylic acids is 1. The largest absolute Gasteiger partial charge is 0.497 e. The van der Waals surface area contributed by atoms with E-state index in [1.54, 1.807) is 7.11 Å². The first kappa shape index (κ1) is 21.2. The maximum Gasteiger partial charge on any atom is 0.333 e. The number of nitrogens with one attached hydrogen (secondary N) is 1. The molecule has 2 aliphatic carbocycles. The third-order valence-corrected chi connectivity index (χ3v) is 7.73. The molecule has 5 heteroatoms. The number of methoxy groups -OCH3 is 1. The van der Waals surface area contributed by atoms with Gasteiger partial charge in [0.25, 0.3) is 0 Å². The van der Waals surface area contributed by atoms with E-state index < -0.39 is 22.2 Å². The predicted octanol–water partition coefficient (Wildman–Crippen LogP) is 4.44. The highest BCUT2D eigenvalue weighted by molar-refractivity contribution is 6.11. The van der Waals surface area contributed by atoms with Gasteiger partial charge in [-0.1, -0.05) is 52.3 Å². The number of rotatable bonds is 6. The Morgan fingerprint density at radius 1 is 1.03 bits per heavy atom. The summed E-state index contributed by atoms with van der Waals surface area (Å²) in [6, 6.07) is 7.72. The van der Waals surface area contributed by atoms with Crippen molar-refractivity contribution in [3.63, 3.8) is 0 Å². The highest BCUT2D eigenvalue weighted by Crippen LogP contribution is 2.77. The fraction of sp³-hybridized carbons (Fsp3) is 0.500. The maximum atomic E-state index is 13.1. The van der Waals surface area contributed by atoms with Gasteiger partial charge in [0.15, 0.2) is 0 Å². The zero-order valence-electron chi connectivity index (χ0n) is 18.4. The van der Waals surface area contributed by atoms with Gasteiger partial charge < -0.3 is 15.2 Å². The number of allylic oxidation sites excluding steroid dienone is 2. The van der Waals surface area contributed by atoms with E-state index >= 15 is 0 Å². The molecule has 0 aliphatic heterocycles. The Hall–Kier alpha value is -2.56. The van der Waals surface area contributed by atoms with E-state index in [4.69, 9.17) is 4.74 Å². The van der Waals surface area contributed by atoms with Crippen LogP contribution in [0.25, 0.3) is 5.57 Å². The minimum Gasteiger partial charge on any atom is -0.497 e. The molecular formula is C24H31NO4. The van der Waals surface area contributed by atoms with Crippen molar-refractivity contribution in [1.29, 1.82) is 0 Å². The van der Waals surface area contributed by atoms with Gasteiger partial charge in [-0.25, -0.2) is 4.79 Å². The van der Waals surface area contributed by atoms with E-state index in [2.05, 4.69) is 19.2 Å². The molecule has 0 saturated carbocycles. The number of carboxylic acids is 1. The molecule has 29 heavy (non-hydrogen) atoms. The maximum absolute atomic E-state index is 13.1. The lowest BCUT2D eigenvalue weighted by Gasteiger charge is -2.42. The second kappa shape index (κ2) is 6.75. The molecule has 1 aromatic carbocycles. The number of hydrogen-bond acceptors (Lipinski definition) is 3. The molecule has 0 saturated heterocycles. The van der Waals surface area contributed by atoms with Crippen LogP contribution in [0.3, 0.4) is 0 Å². The van der Waals surface area contributed by atoms with Crippen LogP contribution in [0.5, 0.6) is 5.75 Å². The van der Waals surface area contributed by atoms with Gasteiger partial charge >= 0.3 is 5.97 Å². The second-order valence-corrected chi connectivity index (χ2v) is 8.91. The van der Waals surface area contributed by atoms with Gasteiger partial charge in [0, 0.05) is 22.9 Å². The van der Waals surface area contributed by atoms with Gasteiger partial charge in [0.1, 0.15) is 5.75 Å².